The van der Waals surface area contributed by atoms with Crippen molar-refractivity contribution < 1.29 is 19.5 Å². The highest BCUT2D eigenvalue weighted by molar-refractivity contribution is 8.14. The fraction of sp³-hybridized carbons (Fsp3) is 0.235. The van der Waals surface area contributed by atoms with Gasteiger partial charge in [0, 0.05) is 37.7 Å². The van der Waals surface area contributed by atoms with E-state index in [1.165, 1.54) is 37.0 Å². The number of nitrogens with two attached hydrogens (primary N) is 2. The zero-order valence-corrected chi connectivity index (χ0v) is 15.3. The van der Waals surface area contributed by atoms with E-state index in [1.807, 2.05) is 0 Å². The van der Waals surface area contributed by atoms with Gasteiger partial charge in [-0.2, -0.15) is 0 Å². The van der Waals surface area contributed by atoms with Gasteiger partial charge in [0.15, 0.2) is 5.12 Å². The number of carbonyl (C=O) groups excluding carboxylic acids is 2. The van der Waals surface area contributed by atoms with E-state index >= 15 is 0 Å². The second kappa shape index (κ2) is 8.99. The number of likely N-dealkylation sites (tertiary alicyclic amines) is 1. The molecule has 27 heavy (non-hydrogen) atoms. The predicted molar refractivity (Wildman–Crippen MR) is 102 cm³/mol. The third-order valence-electron chi connectivity index (χ3n) is 3.61. The van der Waals surface area contributed by atoms with Gasteiger partial charge in [-0.1, -0.05) is 11.8 Å². The lowest BCUT2D eigenvalue weighted by Crippen LogP contribution is -2.52. The average molecular weight is 389 g/mol. The molecule has 1 aliphatic rings. The molecule has 0 spiro atoms. The van der Waals surface area contributed by atoms with E-state index in [9.17, 15) is 14.4 Å². The Bertz CT molecular complexity index is 855. The molecule has 2 aromatic heterocycles. The quantitative estimate of drug-likeness (QED) is 0.701. The first-order valence-electron chi connectivity index (χ1n) is 7.90. The van der Waals surface area contributed by atoms with Crippen LogP contribution < -0.4 is 11.5 Å². The van der Waals surface area contributed by atoms with Gasteiger partial charge in [0.25, 0.3) is 5.91 Å². The van der Waals surface area contributed by atoms with Crippen molar-refractivity contribution in [1.82, 2.24) is 14.9 Å². The molecular weight excluding hydrogens is 370 g/mol. The summed E-state index contributed by atoms with van der Waals surface area (Å²) in [5.74, 6) is -0.864. The molecule has 9 nitrogen and oxygen atoms in total. The van der Waals surface area contributed by atoms with Crippen molar-refractivity contribution in [2.75, 3.05) is 24.6 Å². The van der Waals surface area contributed by atoms with Crippen LogP contribution in [0.25, 0.3) is 0 Å². The first kappa shape index (κ1) is 20.2. The minimum Gasteiger partial charge on any atom is -0.478 e. The van der Waals surface area contributed by atoms with Gasteiger partial charge in [-0.25, -0.2) is 14.8 Å². The maximum atomic E-state index is 12.0. The topological polar surface area (TPSA) is 152 Å². The third-order valence-corrected chi connectivity index (χ3v) is 4.57. The van der Waals surface area contributed by atoms with E-state index in [0.29, 0.717) is 18.7 Å². The van der Waals surface area contributed by atoms with E-state index in [4.69, 9.17) is 16.6 Å². The Kier molecular flexibility index (Phi) is 6.72. The van der Waals surface area contributed by atoms with Gasteiger partial charge < -0.3 is 21.5 Å². The maximum absolute atomic E-state index is 12.0. The van der Waals surface area contributed by atoms with Gasteiger partial charge in [-0.15, -0.1) is 0 Å². The van der Waals surface area contributed by atoms with Gasteiger partial charge in [0.2, 0.25) is 0 Å². The Hall–Kier alpha value is -3.14. The van der Waals surface area contributed by atoms with E-state index in [1.54, 1.807) is 23.2 Å². The van der Waals surface area contributed by atoms with Crippen molar-refractivity contribution in [3.8, 4) is 0 Å². The molecule has 1 amide bonds. The van der Waals surface area contributed by atoms with Gasteiger partial charge in [0.05, 0.1) is 5.56 Å². The van der Waals surface area contributed by atoms with E-state index in [0.717, 1.165) is 0 Å². The minimum atomic E-state index is -1.05. The van der Waals surface area contributed by atoms with E-state index in [2.05, 4.69) is 9.97 Å². The van der Waals surface area contributed by atoms with Crippen LogP contribution in [0.3, 0.4) is 0 Å². The molecule has 2 aromatic rings. The summed E-state index contributed by atoms with van der Waals surface area (Å²) in [4.78, 5) is 42.3. The maximum Gasteiger partial charge on any atom is 0.339 e. The number of carboxylic acid groups (broad SMARTS) is 1. The summed E-state index contributed by atoms with van der Waals surface area (Å²) in [5, 5.41) is 8.75. The highest BCUT2D eigenvalue weighted by atomic mass is 32.2. The number of amides is 1. The Morgan fingerprint density at radius 2 is 1.59 bits per heavy atom. The molecule has 0 saturated carbocycles. The highest BCUT2D eigenvalue weighted by Gasteiger charge is 2.33. The number of pyridine rings is 2. The molecule has 10 heteroatoms. The lowest BCUT2D eigenvalue weighted by Gasteiger charge is -2.38. The van der Waals surface area contributed by atoms with Crippen LogP contribution in [0, 0.1) is 0 Å². The van der Waals surface area contributed by atoms with Crippen LogP contribution in [-0.2, 0) is 4.79 Å². The standard InChI is InChI=1S/C11H13N3O2S.C6H6N2O2/c1-7(15)17-8-5-14(6-8)11(16)9-3-2-4-13-10(9)12;7-5-4(6(9)10)2-1-3-8-5/h2-4,8H,5-6H2,1H3,(H2,12,13);1-3H,(H2,7,8)(H,9,10). The lowest BCUT2D eigenvalue weighted by atomic mass is 10.1. The fourth-order valence-electron chi connectivity index (χ4n) is 2.28. The van der Waals surface area contributed by atoms with Gasteiger partial charge in [0.1, 0.15) is 17.2 Å². The molecule has 0 aliphatic carbocycles. The summed E-state index contributed by atoms with van der Waals surface area (Å²) in [6, 6.07) is 6.28. The van der Waals surface area contributed by atoms with E-state index < -0.39 is 5.97 Å². The zero-order valence-electron chi connectivity index (χ0n) is 14.5. The number of carboxylic acids is 1. The summed E-state index contributed by atoms with van der Waals surface area (Å²) in [6.45, 7) is 2.73. The number of aromatic carboxylic acids is 1. The van der Waals surface area contributed by atoms with Gasteiger partial charge >= 0.3 is 5.97 Å². The van der Waals surface area contributed by atoms with Crippen molar-refractivity contribution in [2.45, 2.75) is 12.2 Å². The first-order valence-corrected chi connectivity index (χ1v) is 8.78. The minimum absolute atomic E-state index is 0.0440. The largest absolute Gasteiger partial charge is 0.478 e. The molecule has 3 heterocycles. The summed E-state index contributed by atoms with van der Waals surface area (Å²) in [7, 11) is 0. The fourth-order valence-corrected chi connectivity index (χ4v) is 3.26. The highest BCUT2D eigenvalue weighted by Crippen LogP contribution is 2.25. The third kappa shape index (κ3) is 5.42. The number of nitrogens with zero attached hydrogens (tertiary/aromatic N) is 3. The van der Waals surface area contributed by atoms with Crippen LogP contribution in [0.5, 0.6) is 0 Å². The van der Waals surface area contributed by atoms with E-state index in [-0.39, 0.29) is 33.5 Å². The van der Waals surface area contributed by atoms with Crippen LogP contribution in [0.1, 0.15) is 27.6 Å². The molecule has 0 radical (unpaired) electrons. The number of rotatable bonds is 3. The first-order chi connectivity index (χ1) is 12.8. The van der Waals surface area contributed by atoms with Crippen LogP contribution in [-0.4, -0.2) is 55.3 Å². The number of hydrogen-bond acceptors (Lipinski definition) is 8. The number of hydrogen-bond donors (Lipinski definition) is 3. The summed E-state index contributed by atoms with van der Waals surface area (Å²) < 4.78 is 0. The number of aromatic nitrogens is 2. The van der Waals surface area contributed by atoms with Crippen molar-refractivity contribution in [3.05, 3.63) is 47.8 Å². The molecule has 0 unspecified atom stereocenters. The number of nitrogen functional groups attached to an aromatic ring is 2. The molecule has 1 fully saturated rings. The molecule has 1 saturated heterocycles. The van der Waals surface area contributed by atoms with Gasteiger partial charge in [-0.05, 0) is 24.3 Å². The van der Waals surface area contributed by atoms with Crippen LogP contribution in [0.15, 0.2) is 36.7 Å². The monoisotopic (exact) mass is 389 g/mol. The number of carbonyl (C=O) groups is 3. The Balaban J connectivity index is 0.000000223. The second-order valence-corrected chi connectivity index (χ2v) is 7.10. The van der Waals surface area contributed by atoms with Crippen LogP contribution in [0.4, 0.5) is 11.6 Å². The summed E-state index contributed by atoms with van der Waals surface area (Å²) in [5.41, 5.74) is 11.3. The molecule has 0 bridgehead atoms. The van der Waals surface area contributed by atoms with Crippen molar-refractivity contribution >= 4 is 40.4 Å². The molecule has 5 N–H and O–H groups in total. The summed E-state index contributed by atoms with van der Waals surface area (Å²) in [6.07, 6.45) is 3.00. The lowest BCUT2D eigenvalue weighted by molar-refractivity contribution is -0.109. The number of thioether (sulfide) groups is 1. The molecule has 0 atom stereocenters. The van der Waals surface area contributed by atoms with Crippen molar-refractivity contribution in [3.63, 3.8) is 0 Å². The zero-order chi connectivity index (χ0) is 20.0. The molecule has 1 aliphatic heterocycles. The SMILES string of the molecule is CC(=O)SC1CN(C(=O)c2cccnc2N)C1.Nc1ncccc1C(=O)O. The molecular formula is C17H19N5O4S. The molecule has 3 rings (SSSR count). The van der Waals surface area contributed by atoms with Crippen molar-refractivity contribution in [2.24, 2.45) is 0 Å². The average Bonchev–Trinajstić information content (AvgIpc) is 2.58. The van der Waals surface area contributed by atoms with Crippen molar-refractivity contribution in [1.29, 1.82) is 0 Å². The molecule has 142 valence electrons. The number of anilines is 2. The van der Waals surface area contributed by atoms with Crippen LogP contribution >= 0.6 is 11.8 Å². The Morgan fingerprint density at radius 1 is 1.07 bits per heavy atom. The smallest absolute Gasteiger partial charge is 0.339 e. The Labute approximate surface area is 159 Å². The van der Waals surface area contributed by atoms with Crippen LogP contribution in [0.2, 0.25) is 0 Å². The second-order valence-electron chi connectivity index (χ2n) is 5.62. The van der Waals surface area contributed by atoms with Gasteiger partial charge in [-0.3, -0.25) is 9.59 Å². The summed E-state index contributed by atoms with van der Waals surface area (Å²) >= 11 is 1.28. The normalized spacial score (nSPS) is 13.1. The molecule has 0 aromatic carbocycles. The predicted octanol–water partition coefficient (Wildman–Crippen LogP) is 1.13. The Morgan fingerprint density at radius 3 is 2.00 bits per heavy atom.